The van der Waals surface area contributed by atoms with Crippen molar-refractivity contribution in [3.63, 3.8) is 0 Å². The van der Waals surface area contributed by atoms with Crippen LogP contribution in [0.15, 0.2) is 42.5 Å². The standard InChI is InChI=1S/C22H23FN6O/c1-14-7-8-19-16(11-14)17-12-27(2)10-9-20(17)29(19)21(30)13-28-25-22(24-26-28)15-5-3-4-6-18(15)23/h3-8,11,17,20H,9-10,12-13H2,1-2H3/p+1/t17-,20-/m1/s1. The number of benzene rings is 2. The second-order valence-corrected chi connectivity index (χ2v) is 8.32. The van der Waals surface area contributed by atoms with Crippen molar-refractivity contribution in [3.05, 3.63) is 59.4 Å². The summed E-state index contributed by atoms with van der Waals surface area (Å²) in [5, 5.41) is 12.2. The first-order chi connectivity index (χ1) is 14.5. The zero-order valence-corrected chi connectivity index (χ0v) is 17.0. The van der Waals surface area contributed by atoms with Crippen LogP contribution in [-0.2, 0) is 11.3 Å². The molecule has 1 amide bonds. The lowest BCUT2D eigenvalue weighted by molar-refractivity contribution is -0.886. The monoisotopic (exact) mass is 407 g/mol. The van der Waals surface area contributed by atoms with Gasteiger partial charge < -0.3 is 9.80 Å². The molecule has 1 N–H and O–H groups in total. The van der Waals surface area contributed by atoms with Gasteiger partial charge in [-0.3, -0.25) is 4.79 Å². The Labute approximate surface area is 174 Å². The fraction of sp³-hybridized carbons (Fsp3) is 0.364. The van der Waals surface area contributed by atoms with Crippen LogP contribution in [0.5, 0.6) is 0 Å². The summed E-state index contributed by atoms with van der Waals surface area (Å²) in [5.74, 6) is 0.0444. The molecule has 2 aromatic carbocycles. The molecule has 2 aliphatic rings. The number of likely N-dealkylation sites (tertiary alicyclic amines) is 1. The van der Waals surface area contributed by atoms with Gasteiger partial charge in [-0.2, -0.15) is 4.80 Å². The van der Waals surface area contributed by atoms with E-state index in [1.807, 2.05) is 4.90 Å². The van der Waals surface area contributed by atoms with E-state index in [0.29, 0.717) is 5.92 Å². The average Bonchev–Trinajstić information content (AvgIpc) is 3.30. The molecule has 1 aromatic heterocycles. The zero-order valence-electron chi connectivity index (χ0n) is 17.0. The number of nitrogens with zero attached hydrogens (tertiary/aromatic N) is 5. The number of carbonyl (C=O) groups excluding carboxylic acids is 1. The van der Waals surface area contributed by atoms with Crippen molar-refractivity contribution in [2.45, 2.75) is 31.8 Å². The van der Waals surface area contributed by atoms with Crippen LogP contribution in [0.1, 0.15) is 23.5 Å². The van der Waals surface area contributed by atoms with Crippen molar-refractivity contribution < 1.29 is 14.1 Å². The Balaban J connectivity index is 1.42. The first-order valence-corrected chi connectivity index (χ1v) is 10.3. The molecule has 154 valence electrons. The number of aryl methyl sites for hydroxylation is 1. The molecule has 0 spiro atoms. The number of hydrogen-bond donors (Lipinski definition) is 1. The molecule has 1 saturated heterocycles. The van der Waals surface area contributed by atoms with E-state index in [0.717, 1.165) is 25.2 Å². The van der Waals surface area contributed by atoms with E-state index in [1.165, 1.54) is 26.9 Å². The number of tetrazole rings is 1. The quantitative estimate of drug-likeness (QED) is 0.709. The van der Waals surface area contributed by atoms with E-state index >= 15 is 0 Å². The first-order valence-electron chi connectivity index (χ1n) is 10.3. The number of rotatable bonds is 3. The molecule has 3 aromatic rings. The van der Waals surface area contributed by atoms with Gasteiger partial charge in [0.1, 0.15) is 12.4 Å². The second-order valence-electron chi connectivity index (χ2n) is 8.32. The number of anilines is 1. The minimum Gasteiger partial charge on any atom is -0.337 e. The molecular weight excluding hydrogens is 383 g/mol. The lowest BCUT2D eigenvalue weighted by Gasteiger charge is -2.34. The number of piperidine rings is 1. The summed E-state index contributed by atoms with van der Waals surface area (Å²) >= 11 is 0. The zero-order chi connectivity index (χ0) is 20.8. The van der Waals surface area contributed by atoms with Crippen molar-refractivity contribution >= 4 is 11.6 Å². The molecule has 7 nitrogen and oxygen atoms in total. The maximum Gasteiger partial charge on any atom is 0.250 e. The summed E-state index contributed by atoms with van der Waals surface area (Å²) in [6.07, 6.45) is 0.960. The molecule has 2 aliphatic heterocycles. The van der Waals surface area contributed by atoms with Gasteiger partial charge in [0.2, 0.25) is 5.82 Å². The molecule has 30 heavy (non-hydrogen) atoms. The molecule has 0 radical (unpaired) electrons. The SMILES string of the molecule is Cc1ccc2c(c1)[C@H]1C[NH+](C)CC[C@H]1N2C(=O)Cn1nnc(-c2ccccc2F)n1. The summed E-state index contributed by atoms with van der Waals surface area (Å²) in [6.45, 7) is 4.12. The van der Waals surface area contributed by atoms with Crippen molar-refractivity contribution in [3.8, 4) is 11.4 Å². The molecular formula is C22H24FN6O+. The Kier molecular flexibility index (Phi) is 4.58. The number of fused-ring (bicyclic) bond motifs is 3. The summed E-state index contributed by atoms with van der Waals surface area (Å²) in [6, 6.07) is 12.8. The van der Waals surface area contributed by atoms with Crippen LogP contribution >= 0.6 is 0 Å². The van der Waals surface area contributed by atoms with Crippen LogP contribution < -0.4 is 9.80 Å². The largest absolute Gasteiger partial charge is 0.337 e. The summed E-state index contributed by atoms with van der Waals surface area (Å²) in [7, 11) is 2.21. The highest BCUT2D eigenvalue weighted by atomic mass is 19.1. The van der Waals surface area contributed by atoms with Gasteiger partial charge in [-0.05, 0) is 35.9 Å². The molecule has 0 saturated carbocycles. The average molecular weight is 407 g/mol. The molecule has 8 heteroatoms. The smallest absolute Gasteiger partial charge is 0.250 e. The van der Waals surface area contributed by atoms with Crippen LogP contribution in [0.4, 0.5) is 10.1 Å². The number of amides is 1. The van der Waals surface area contributed by atoms with Gasteiger partial charge in [0.05, 0.1) is 37.7 Å². The van der Waals surface area contributed by atoms with Crippen molar-refractivity contribution in [1.29, 1.82) is 0 Å². The van der Waals surface area contributed by atoms with E-state index < -0.39 is 5.82 Å². The highest BCUT2D eigenvalue weighted by Gasteiger charge is 2.45. The second kappa shape index (κ2) is 7.28. The van der Waals surface area contributed by atoms with Gasteiger partial charge in [0.25, 0.3) is 5.91 Å². The van der Waals surface area contributed by atoms with Crippen LogP contribution in [0.3, 0.4) is 0 Å². The Morgan fingerprint density at radius 1 is 1.27 bits per heavy atom. The van der Waals surface area contributed by atoms with Crippen LogP contribution in [-0.4, -0.2) is 52.3 Å². The first kappa shape index (κ1) is 18.9. The highest BCUT2D eigenvalue weighted by molar-refractivity contribution is 5.96. The van der Waals surface area contributed by atoms with E-state index in [-0.39, 0.29) is 29.9 Å². The van der Waals surface area contributed by atoms with E-state index in [1.54, 1.807) is 18.2 Å². The Hall–Kier alpha value is -3.13. The summed E-state index contributed by atoms with van der Waals surface area (Å²) in [5.41, 5.74) is 3.73. The number of halogens is 1. The Morgan fingerprint density at radius 3 is 2.93 bits per heavy atom. The lowest BCUT2D eigenvalue weighted by Crippen LogP contribution is -3.11. The molecule has 3 atom stereocenters. The Morgan fingerprint density at radius 2 is 2.10 bits per heavy atom. The number of hydrogen-bond acceptors (Lipinski definition) is 4. The number of carbonyl (C=O) groups is 1. The van der Waals surface area contributed by atoms with Crippen molar-refractivity contribution in [1.82, 2.24) is 20.2 Å². The number of aromatic nitrogens is 4. The van der Waals surface area contributed by atoms with Gasteiger partial charge in [0.15, 0.2) is 0 Å². The number of nitrogens with one attached hydrogen (secondary N) is 1. The van der Waals surface area contributed by atoms with Gasteiger partial charge >= 0.3 is 0 Å². The van der Waals surface area contributed by atoms with Crippen LogP contribution in [0.2, 0.25) is 0 Å². The third kappa shape index (κ3) is 3.17. The predicted molar refractivity (Wildman–Crippen MR) is 110 cm³/mol. The van der Waals surface area contributed by atoms with Crippen molar-refractivity contribution in [2.75, 3.05) is 25.0 Å². The summed E-state index contributed by atoms with van der Waals surface area (Å²) in [4.78, 5) is 18.0. The van der Waals surface area contributed by atoms with Gasteiger partial charge in [-0.25, -0.2) is 4.39 Å². The van der Waals surface area contributed by atoms with Gasteiger partial charge in [-0.1, -0.05) is 29.8 Å². The van der Waals surface area contributed by atoms with Gasteiger partial charge in [0, 0.05) is 12.1 Å². The Bertz CT molecular complexity index is 1110. The summed E-state index contributed by atoms with van der Waals surface area (Å²) < 4.78 is 14.0. The van der Waals surface area contributed by atoms with E-state index in [2.05, 4.69) is 47.6 Å². The maximum atomic E-state index is 14.0. The molecule has 5 rings (SSSR count). The third-order valence-corrected chi connectivity index (χ3v) is 6.19. The fourth-order valence-electron chi connectivity index (χ4n) is 4.78. The van der Waals surface area contributed by atoms with Crippen LogP contribution in [0, 0.1) is 12.7 Å². The van der Waals surface area contributed by atoms with E-state index in [9.17, 15) is 9.18 Å². The topological polar surface area (TPSA) is 68.3 Å². The molecule has 3 heterocycles. The minimum absolute atomic E-state index is 0.0271. The van der Waals surface area contributed by atoms with E-state index in [4.69, 9.17) is 0 Å². The van der Waals surface area contributed by atoms with Gasteiger partial charge in [-0.15, -0.1) is 10.2 Å². The van der Waals surface area contributed by atoms with Crippen LogP contribution in [0.25, 0.3) is 11.4 Å². The number of quaternary nitrogens is 1. The highest BCUT2D eigenvalue weighted by Crippen LogP contribution is 2.43. The molecule has 0 aliphatic carbocycles. The molecule has 1 fully saturated rings. The molecule has 1 unspecified atom stereocenters. The molecule has 0 bridgehead atoms. The normalized spacial score (nSPS) is 22.6. The predicted octanol–water partition coefficient (Wildman–Crippen LogP) is 1.21. The fourth-order valence-corrected chi connectivity index (χ4v) is 4.78. The minimum atomic E-state index is -0.413. The third-order valence-electron chi connectivity index (χ3n) is 6.19. The van der Waals surface area contributed by atoms with Crippen molar-refractivity contribution in [2.24, 2.45) is 0 Å². The lowest BCUT2D eigenvalue weighted by atomic mass is 9.89. The number of likely N-dealkylation sites (N-methyl/N-ethyl adjacent to an activating group) is 1. The maximum absolute atomic E-state index is 14.0.